The Morgan fingerprint density at radius 3 is 2.67 bits per heavy atom. The Hall–Kier alpha value is -1.30. The fourth-order valence-corrected chi connectivity index (χ4v) is 5.13. The Balaban J connectivity index is 1.51. The minimum Gasteiger partial charge on any atom is -0.391 e. The van der Waals surface area contributed by atoms with Crippen LogP contribution in [-0.2, 0) is 9.59 Å². The molecule has 0 radical (unpaired) electrons. The van der Waals surface area contributed by atoms with Crippen LogP contribution in [0.1, 0.15) is 18.4 Å². The molecule has 3 aliphatic rings. The van der Waals surface area contributed by atoms with Crippen LogP contribution in [0.2, 0.25) is 10.0 Å². The van der Waals surface area contributed by atoms with Gasteiger partial charge in [-0.2, -0.15) is 0 Å². The highest BCUT2D eigenvalue weighted by Crippen LogP contribution is 2.54. The second-order valence-electron chi connectivity index (χ2n) is 7.13. The second kappa shape index (κ2) is 5.61. The molecule has 2 amide bonds. The number of halogens is 2. The van der Waals surface area contributed by atoms with Crippen molar-refractivity contribution in [2.75, 3.05) is 11.9 Å². The first kappa shape index (κ1) is 16.2. The molecule has 2 bridgehead atoms. The van der Waals surface area contributed by atoms with E-state index in [2.05, 4.69) is 5.32 Å². The van der Waals surface area contributed by atoms with Crippen LogP contribution in [0.15, 0.2) is 12.1 Å². The van der Waals surface area contributed by atoms with E-state index in [0.717, 1.165) is 18.4 Å². The lowest BCUT2D eigenvalue weighted by molar-refractivity contribution is -0.145. The summed E-state index contributed by atoms with van der Waals surface area (Å²) in [6.45, 7) is 2.36. The van der Waals surface area contributed by atoms with Gasteiger partial charge in [-0.15, -0.1) is 0 Å². The number of rotatable bonds is 1. The number of anilines is 1. The van der Waals surface area contributed by atoms with Crippen molar-refractivity contribution < 1.29 is 14.7 Å². The summed E-state index contributed by atoms with van der Waals surface area (Å²) in [5, 5.41) is 13.7. The smallest absolute Gasteiger partial charge is 0.313 e. The predicted octanol–water partition coefficient (Wildman–Crippen LogP) is 2.47. The highest BCUT2D eigenvalue weighted by Gasteiger charge is 2.60. The van der Waals surface area contributed by atoms with Gasteiger partial charge in [0, 0.05) is 11.6 Å². The normalized spacial score (nSPS) is 33.2. The Morgan fingerprint density at radius 1 is 1.21 bits per heavy atom. The third kappa shape index (κ3) is 2.33. The molecular formula is C17H18Cl2N2O3. The van der Waals surface area contributed by atoms with Crippen LogP contribution in [0.4, 0.5) is 5.69 Å². The molecule has 0 aromatic heterocycles. The van der Waals surface area contributed by atoms with Crippen LogP contribution in [0.5, 0.6) is 0 Å². The van der Waals surface area contributed by atoms with Gasteiger partial charge in [-0.05, 0) is 55.2 Å². The summed E-state index contributed by atoms with van der Waals surface area (Å²) in [6, 6.07) is 2.97. The Morgan fingerprint density at radius 2 is 1.96 bits per heavy atom. The largest absolute Gasteiger partial charge is 0.391 e. The number of amides is 2. The molecule has 2 N–H and O–H groups in total. The van der Waals surface area contributed by atoms with E-state index in [4.69, 9.17) is 23.2 Å². The number of carbonyl (C=O) groups excluding carboxylic acids is 2. The number of nitrogens with zero attached hydrogens (tertiary/aromatic N) is 1. The standard InChI is InChI=1S/C17H18Cl2N2O3/c1-7-2-12(19)13(5-11(7)18)20-16(23)17(24)21-6-9-3-8-4-10(9)14(21)15(8)22/h2,5,8-10,14-15,22H,3-4,6H2,1H3,(H,20,23). The molecule has 24 heavy (non-hydrogen) atoms. The van der Waals surface area contributed by atoms with Crippen LogP contribution >= 0.6 is 23.2 Å². The first-order valence-corrected chi connectivity index (χ1v) is 8.88. The van der Waals surface area contributed by atoms with Gasteiger partial charge < -0.3 is 15.3 Å². The summed E-state index contributed by atoms with van der Waals surface area (Å²) in [5.74, 6) is -0.330. The van der Waals surface area contributed by atoms with Crippen LogP contribution in [0.25, 0.3) is 0 Å². The number of aliphatic hydroxyl groups excluding tert-OH is 1. The third-order valence-electron chi connectivity index (χ3n) is 5.80. The molecule has 0 spiro atoms. The molecule has 1 aromatic rings. The van der Waals surface area contributed by atoms with Crippen molar-refractivity contribution in [3.63, 3.8) is 0 Å². The minimum atomic E-state index is -0.742. The monoisotopic (exact) mass is 368 g/mol. The summed E-state index contributed by atoms with van der Waals surface area (Å²) in [7, 11) is 0. The van der Waals surface area contributed by atoms with Gasteiger partial charge in [-0.25, -0.2) is 0 Å². The van der Waals surface area contributed by atoms with Crippen molar-refractivity contribution >= 4 is 40.7 Å². The highest BCUT2D eigenvalue weighted by molar-refractivity contribution is 6.42. The first-order chi connectivity index (χ1) is 11.4. The molecule has 5 nitrogen and oxygen atoms in total. The number of aliphatic hydroxyl groups is 1. The summed E-state index contributed by atoms with van der Waals surface area (Å²) in [5.41, 5.74) is 1.11. The van der Waals surface area contributed by atoms with E-state index in [9.17, 15) is 14.7 Å². The molecule has 7 heteroatoms. The molecule has 3 fully saturated rings. The molecule has 1 aromatic carbocycles. The van der Waals surface area contributed by atoms with Crippen LogP contribution in [-0.4, -0.2) is 40.5 Å². The summed E-state index contributed by atoms with van der Waals surface area (Å²) in [6.07, 6.45) is 1.40. The number of hydrogen-bond acceptors (Lipinski definition) is 3. The highest BCUT2D eigenvalue weighted by atomic mass is 35.5. The maximum Gasteiger partial charge on any atom is 0.313 e. The van der Waals surface area contributed by atoms with Gasteiger partial charge in [-0.1, -0.05) is 23.2 Å². The molecule has 5 unspecified atom stereocenters. The van der Waals surface area contributed by atoms with E-state index in [1.807, 2.05) is 6.92 Å². The Labute approximate surface area is 149 Å². The number of benzene rings is 1. The summed E-state index contributed by atoms with van der Waals surface area (Å²) >= 11 is 12.2. The van der Waals surface area contributed by atoms with Crippen LogP contribution < -0.4 is 5.32 Å². The number of likely N-dealkylation sites (tertiary alicyclic amines) is 1. The average Bonchev–Trinajstić information content (AvgIpc) is 3.14. The van der Waals surface area contributed by atoms with E-state index in [-0.39, 0.29) is 12.0 Å². The molecule has 128 valence electrons. The Kier molecular flexibility index (Phi) is 3.79. The molecule has 2 aliphatic carbocycles. The minimum absolute atomic E-state index is 0.218. The predicted molar refractivity (Wildman–Crippen MR) is 91.0 cm³/mol. The van der Waals surface area contributed by atoms with E-state index in [1.54, 1.807) is 17.0 Å². The zero-order chi connectivity index (χ0) is 17.2. The van der Waals surface area contributed by atoms with Gasteiger partial charge in [0.05, 0.1) is 22.9 Å². The number of carbonyl (C=O) groups is 2. The van der Waals surface area contributed by atoms with Gasteiger partial charge in [-0.3, -0.25) is 9.59 Å². The van der Waals surface area contributed by atoms with Crippen molar-refractivity contribution in [2.45, 2.75) is 31.9 Å². The maximum absolute atomic E-state index is 12.6. The van der Waals surface area contributed by atoms with Crippen molar-refractivity contribution in [1.29, 1.82) is 0 Å². The van der Waals surface area contributed by atoms with E-state index < -0.39 is 17.9 Å². The van der Waals surface area contributed by atoms with Crippen molar-refractivity contribution in [1.82, 2.24) is 4.90 Å². The van der Waals surface area contributed by atoms with E-state index in [1.165, 1.54) is 0 Å². The third-order valence-corrected chi connectivity index (χ3v) is 6.52. The Bertz CT molecular complexity index is 737. The van der Waals surface area contributed by atoms with Crippen LogP contribution in [0.3, 0.4) is 0 Å². The second-order valence-corrected chi connectivity index (χ2v) is 7.94. The quantitative estimate of drug-likeness (QED) is 0.748. The lowest BCUT2D eigenvalue weighted by Gasteiger charge is -2.28. The average molecular weight is 369 g/mol. The van der Waals surface area contributed by atoms with Crippen molar-refractivity contribution in [2.24, 2.45) is 17.8 Å². The topological polar surface area (TPSA) is 69.6 Å². The molecule has 4 rings (SSSR count). The molecule has 2 saturated carbocycles. The lowest BCUT2D eigenvalue weighted by Crippen LogP contribution is -2.47. The van der Waals surface area contributed by atoms with Crippen molar-refractivity contribution in [3.8, 4) is 0 Å². The number of aryl methyl sites for hydroxylation is 1. The zero-order valence-electron chi connectivity index (χ0n) is 13.1. The van der Waals surface area contributed by atoms with E-state index >= 15 is 0 Å². The zero-order valence-corrected chi connectivity index (χ0v) is 14.6. The molecule has 1 aliphatic heterocycles. The maximum atomic E-state index is 12.6. The molecule has 1 saturated heterocycles. The summed E-state index contributed by atoms with van der Waals surface area (Å²) in [4.78, 5) is 26.5. The number of fused-ring (bicyclic) bond motifs is 1. The summed E-state index contributed by atoms with van der Waals surface area (Å²) < 4.78 is 0. The SMILES string of the molecule is Cc1cc(Cl)c(NC(=O)C(=O)N2CC3CC4CC3C2C4O)cc1Cl. The molecule has 5 atom stereocenters. The van der Waals surface area contributed by atoms with Gasteiger partial charge in [0.25, 0.3) is 0 Å². The first-order valence-electron chi connectivity index (χ1n) is 8.12. The molecular weight excluding hydrogens is 351 g/mol. The van der Waals surface area contributed by atoms with E-state index in [0.29, 0.717) is 34.1 Å². The van der Waals surface area contributed by atoms with Gasteiger partial charge >= 0.3 is 11.8 Å². The van der Waals surface area contributed by atoms with Gasteiger partial charge in [0.15, 0.2) is 0 Å². The lowest BCUT2D eigenvalue weighted by atomic mass is 9.88. The van der Waals surface area contributed by atoms with Gasteiger partial charge in [0.2, 0.25) is 0 Å². The van der Waals surface area contributed by atoms with Crippen molar-refractivity contribution in [3.05, 3.63) is 27.7 Å². The fourth-order valence-electron chi connectivity index (χ4n) is 4.70. The fraction of sp³-hybridized carbons (Fsp3) is 0.529. The van der Waals surface area contributed by atoms with Crippen LogP contribution in [0, 0.1) is 24.7 Å². The molecule has 1 heterocycles. The number of nitrogens with one attached hydrogen (secondary N) is 1. The number of hydrogen-bond donors (Lipinski definition) is 2. The van der Waals surface area contributed by atoms with Gasteiger partial charge in [0.1, 0.15) is 0 Å².